The van der Waals surface area contributed by atoms with Gasteiger partial charge in [0.15, 0.2) is 0 Å². The van der Waals surface area contributed by atoms with E-state index in [9.17, 15) is 4.79 Å². The summed E-state index contributed by atoms with van der Waals surface area (Å²) in [6.07, 6.45) is 6.17. The Balaban J connectivity index is 2.05. The van der Waals surface area contributed by atoms with Gasteiger partial charge < -0.3 is 9.47 Å². The minimum absolute atomic E-state index is 0.0398. The number of hydrogen-bond acceptors (Lipinski definition) is 3. The van der Waals surface area contributed by atoms with E-state index < -0.39 is 0 Å². The van der Waals surface area contributed by atoms with Crippen molar-refractivity contribution >= 4 is 5.97 Å². The van der Waals surface area contributed by atoms with Gasteiger partial charge in [-0.05, 0) is 26.2 Å². The summed E-state index contributed by atoms with van der Waals surface area (Å²) in [7, 11) is 0. The number of hydrogen-bond donors (Lipinski definition) is 0. The summed E-state index contributed by atoms with van der Waals surface area (Å²) in [5, 5.41) is 0. The molecular formula is C12H20O3. The van der Waals surface area contributed by atoms with Crippen molar-refractivity contribution in [3.05, 3.63) is 12.7 Å². The van der Waals surface area contributed by atoms with Gasteiger partial charge in [-0.25, -0.2) is 4.79 Å². The quantitative estimate of drug-likeness (QED) is 0.369. The van der Waals surface area contributed by atoms with E-state index in [1.165, 1.54) is 12.5 Å². The van der Waals surface area contributed by atoms with Gasteiger partial charge in [0, 0.05) is 6.08 Å². The summed E-state index contributed by atoms with van der Waals surface area (Å²) < 4.78 is 10.5. The van der Waals surface area contributed by atoms with Gasteiger partial charge in [0.1, 0.15) is 0 Å². The zero-order chi connectivity index (χ0) is 11.3. The molecular weight excluding hydrogens is 192 g/mol. The molecule has 86 valence electrons. The van der Waals surface area contributed by atoms with E-state index in [4.69, 9.17) is 9.47 Å². The van der Waals surface area contributed by atoms with Crippen LogP contribution in [0.15, 0.2) is 12.7 Å². The maximum atomic E-state index is 10.9. The normalized spacial score (nSPS) is 25.7. The molecule has 0 aliphatic carbocycles. The van der Waals surface area contributed by atoms with Crippen LogP contribution in [-0.2, 0) is 14.3 Å². The van der Waals surface area contributed by atoms with Crippen LogP contribution in [0.2, 0.25) is 0 Å². The van der Waals surface area contributed by atoms with Crippen molar-refractivity contribution in [2.24, 2.45) is 0 Å². The molecule has 3 unspecified atom stereocenters. The van der Waals surface area contributed by atoms with Crippen LogP contribution in [0.25, 0.3) is 0 Å². The molecule has 15 heavy (non-hydrogen) atoms. The SMILES string of the molecule is C=CC(=O)OC(C)CCC1OC1CCC. The number of ether oxygens (including phenoxy) is 2. The van der Waals surface area contributed by atoms with Gasteiger partial charge in [-0.3, -0.25) is 0 Å². The maximum absolute atomic E-state index is 10.9. The van der Waals surface area contributed by atoms with Gasteiger partial charge in [0.05, 0.1) is 18.3 Å². The van der Waals surface area contributed by atoms with Gasteiger partial charge in [-0.15, -0.1) is 0 Å². The van der Waals surface area contributed by atoms with Gasteiger partial charge in [-0.1, -0.05) is 19.9 Å². The van der Waals surface area contributed by atoms with Crippen molar-refractivity contribution in [3.63, 3.8) is 0 Å². The van der Waals surface area contributed by atoms with E-state index in [2.05, 4.69) is 13.5 Å². The number of carbonyl (C=O) groups excluding carboxylic acids is 1. The third-order valence-corrected chi connectivity index (χ3v) is 2.60. The average molecular weight is 212 g/mol. The van der Waals surface area contributed by atoms with Crippen molar-refractivity contribution in [1.29, 1.82) is 0 Å². The number of epoxide rings is 1. The molecule has 0 aromatic carbocycles. The lowest BCUT2D eigenvalue weighted by Gasteiger charge is -2.10. The molecule has 1 fully saturated rings. The molecule has 1 heterocycles. The number of rotatable bonds is 7. The molecule has 0 N–H and O–H groups in total. The van der Waals surface area contributed by atoms with Crippen molar-refractivity contribution in [3.8, 4) is 0 Å². The summed E-state index contributed by atoms with van der Waals surface area (Å²) in [4.78, 5) is 10.9. The Bertz CT molecular complexity index is 225. The number of carbonyl (C=O) groups is 1. The molecule has 3 atom stereocenters. The Morgan fingerprint density at radius 2 is 2.20 bits per heavy atom. The predicted octanol–water partition coefficient (Wildman–Crippen LogP) is 2.45. The van der Waals surface area contributed by atoms with Crippen molar-refractivity contribution < 1.29 is 14.3 Å². The third-order valence-electron chi connectivity index (χ3n) is 2.60. The van der Waals surface area contributed by atoms with Crippen LogP contribution in [0.3, 0.4) is 0 Å². The fraction of sp³-hybridized carbons (Fsp3) is 0.750. The smallest absolute Gasteiger partial charge is 0.330 e. The van der Waals surface area contributed by atoms with E-state index in [1.54, 1.807) is 0 Å². The van der Waals surface area contributed by atoms with Crippen molar-refractivity contribution in [1.82, 2.24) is 0 Å². The fourth-order valence-electron chi connectivity index (χ4n) is 1.68. The van der Waals surface area contributed by atoms with Gasteiger partial charge in [0.2, 0.25) is 0 Å². The van der Waals surface area contributed by atoms with Crippen LogP contribution in [0.4, 0.5) is 0 Å². The second-order valence-corrected chi connectivity index (χ2v) is 4.03. The summed E-state index contributed by atoms with van der Waals surface area (Å²) in [5.74, 6) is -0.343. The lowest BCUT2D eigenvalue weighted by molar-refractivity contribution is -0.142. The zero-order valence-corrected chi connectivity index (χ0v) is 9.57. The largest absolute Gasteiger partial charge is 0.460 e. The van der Waals surface area contributed by atoms with Crippen LogP contribution in [0.5, 0.6) is 0 Å². The first-order chi connectivity index (χ1) is 7.17. The maximum Gasteiger partial charge on any atom is 0.330 e. The molecule has 0 aromatic rings. The van der Waals surface area contributed by atoms with Crippen molar-refractivity contribution in [2.75, 3.05) is 0 Å². The molecule has 3 nitrogen and oxygen atoms in total. The topological polar surface area (TPSA) is 38.8 Å². The molecule has 0 spiro atoms. The van der Waals surface area contributed by atoms with Crippen LogP contribution in [0, 0.1) is 0 Å². The van der Waals surface area contributed by atoms with Gasteiger partial charge in [0.25, 0.3) is 0 Å². The monoisotopic (exact) mass is 212 g/mol. The molecule has 1 rings (SSSR count). The summed E-state index contributed by atoms with van der Waals surface area (Å²) >= 11 is 0. The molecule has 0 bridgehead atoms. The first-order valence-corrected chi connectivity index (χ1v) is 5.65. The van der Waals surface area contributed by atoms with Crippen LogP contribution in [-0.4, -0.2) is 24.3 Å². The van der Waals surface area contributed by atoms with Crippen LogP contribution < -0.4 is 0 Å². The average Bonchev–Trinajstić information content (AvgIpc) is 2.94. The van der Waals surface area contributed by atoms with Gasteiger partial charge in [-0.2, -0.15) is 0 Å². The van der Waals surface area contributed by atoms with Crippen LogP contribution in [0.1, 0.15) is 39.5 Å². The molecule has 1 saturated heterocycles. The Morgan fingerprint density at radius 1 is 1.53 bits per heavy atom. The second-order valence-electron chi connectivity index (χ2n) is 4.03. The van der Waals surface area contributed by atoms with E-state index in [-0.39, 0.29) is 12.1 Å². The Labute approximate surface area is 91.4 Å². The molecule has 0 amide bonds. The Kier molecular flexibility index (Phi) is 4.82. The fourth-order valence-corrected chi connectivity index (χ4v) is 1.68. The zero-order valence-electron chi connectivity index (χ0n) is 9.57. The summed E-state index contributed by atoms with van der Waals surface area (Å²) in [5.41, 5.74) is 0. The second kappa shape index (κ2) is 5.91. The van der Waals surface area contributed by atoms with E-state index in [0.29, 0.717) is 12.2 Å². The van der Waals surface area contributed by atoms with E-state index in [0.717, 1.165) is 19.3 Å². The van der Waals surface area contributed by atoms with Crippen LogP contribution >= 0.6 is 0 Å². The first kappa shape index (κ1) is 12.2. The standard InChI is InChI=1S/C12H20O3/c1-4-6-10-11(15-10)8-7-9(3)14-12(13)5-2/h5,9-11H,2,4,6-8H2,1,3H3. The van der Waals surface area contributed by atoms with E-state index in [1.807, 2.05) is 6.92 Å². The lowest BCUT2D eigenvalue weighted by Crippen LogP contribution is -2.13. The highest BCUT2D eigenvalue weighted by molar-refractivity contribution is 5.81. The third kappa shape index (κ3) is 4.47. The highest BCUT2D eigenvalue weighted by Crippen LogP contribution is 2.30. The minimum atomic E-state index is -0.343. The molecule has 0 radical (unpaired) electrons. The highest BCUT2D eigenvalue weighted by atomic mass is 16.6. The van der Waals surface area contributed by atoms with Gasteiger partial charge >= 0.3 is 5.97 Å². The number of esters is 1. The molecule has 0 saturated carbocycles. The highest BCUT2D eigenvalue weighted by Gasteiger charge is 2.37. The first-order valence-electron chi connectivity index (χ1n) is 5.65. The van der Waals surface area contributed by atoms with E-state index >= 15 is 0 Å². The summed E-state index contributed by atoms with van der Waals surface area (Å²) in [6, 6.07) is 0. The Hall–Kier alpha value is -0.830. The summed E-state index contributed by atoms with van der Waals surface area (Å²) in [6.45, 7) is 7.42. The molecule has 3 heteroatoms. The molecule has 1 aliphatic heterocycles. The van der Waals surface area contributed by atoms with Crippen molar-refractivity contribution in [2.45, 2.75) is 57.8 Å². The minimum Gasteiger partial charge on any atom is -0.460 e. The molecule has 0 aromatic heterocycles. The lowest BCUT2D eigenvalue weighted by atomic mass is 10.1. The predicted molar refractivity (Wildman–Crippen MR) is 58.6 cm³/mol. The molecule has 1 aliphatic rings. The Morgan fingerprint density at radius 3 is 2.80 bits per heavy atom.